The number of carboxylic acids is 1. The highest BCUT2D eigenvalue weighted by molar-refractivity contribution is 7.89. The molecule has 7 nitrogen and oxygen atoms in total. The minimum atomic E-state index is -4.16. The first-order chi connectivity index (χ1) is 9.03. The first kappa shape index (κ1) is 16.6. The second-order valence-electron chi connectivity index (χ2n) is 4.60. The maximum absolute atomic E-state index is 12.3. The van der Waals surface area contributed by atoms with Gasteiger partial charge in [-0.1, -0.05) is 0 Å². The van der Waals surface area contributed by atoms with Gasteiger partial charge in [-0.2, -0.15) is 4.72 Å². The van der Waals surface area contributed by atoms with Gasteiger partial charge in [0.25, 0.3) is 0 Å². The van der Waals surface area contributed by atoms with Gasteiger partial charge in [-0.15, -0.1) is 11.3 Å². The van der Waals surface area contributed by atoms with Crippen LogP contribution in [0, 0.1) is 6.92 Å². The fraction of sp³-hybridized carbons (Fsp3) is 0.455. The Morgan fingerprint density at radius 3 is 2.40 bits per heavy atom. The molecule has 2 N–H and O–H groups in total. The normalized spacial score (nSPS) is 12.2. The molecule has 0 atom stereocenters. The Bertz CT molecular complexity index is 644. The zero-order valence-corrected chi connectivity index (χ0v) is 13.0. The second-order valence-corrected chi connectivity index (χ2v) is 7.10. The molecule has 0 aliphatic rings. The zero-order chi connectivity index (χ0) is 15.7. The number of carboxylic acid groups (broad SMARTS) is 1. The predicted molar refractivity (Wildman–Crippen MR) is 72.4 cm³/mol. The molecule has 20 heavy (non-hydrogen) atoms. The van der Waals surface area contributed by atoms with E-state index in [2.05, 4.69) is 9.46 Å². The summed E-state index contributed by atoms with van der Waals surface area (Å²) in [6.45, 7) is 4.15. The van der Waals surface area contributed by atoms with Crippen LogP contribution in [0.2, 0.25) is 0 Å². The number of thiophene rings is 1. The lowest BCUT2D eigenvalue weighted by atomic mass is 10.1. The number of rotatable bonds is 5. The fourth-order valence-corrected chi connectivity index (χ4v) is 4.60. The number of hydrogen-bond acceptors (Lipinski definition) is 6. The molecular weight excluding hydrogens is 306 g/mol. The van der Waals surface area contributed by atoms with E-state index in [1.54, 1.807) is 0 Å². The second kappa shape index (κ2) is 5.51. The van der Waals surface area contributed by atoms with E-state index < -0.39 is 27.5 Å². The van der Waals surface area contributed by atoms with Crippen LogP contribution >= 0.6 is 11.3 Å². The van der Waals surface area contributed by atoms with Gasteiger partial charge in [-0.3, -0.25) is 4.79 Å². The number of nitrogens with one attached hydrogen (secondary N) is 1. The van der Waals surface area contributed by atoms with Gasteiger partial charge in [0.1, 0.15) is 15.3 Å². The molecule has 1 aromatic rings. The van der Waals surface area contributed by atoms with Crippen molar-refractivity contribution in [1.82, 2.24) is 4.72 Å². The van der Waals surface area contributed by atoms with E-state index in [1.807, 2.05) is 0 Å². The first-order valence-electron chi connectivity index (χ1n) is 5.46. The predicted octanol–water partition coefficient (Wildman–Crippen LogP) is 0.985. The molecule has 1 heterocycles. The van der Waals surface area contributed by atoms with Crippen molar-refractivity contribution in [2.45, 2.75) is 31.2 Å². The van der Waals surface area contributed by atoms with E-state index in [1.165, 1.54) is 26.2 Å². The summed E-state index contributed by atoms with van der Waals surface area (Å²) in [6.07, 6.45) is 0. The summed E-state index contributed by atoms with van der Waals surface area (Å²) >= 11 is 0.816. The molecule has 1 aromatic heterocycles. The number of aryl methyl sites for hydroxylation is 1. The number of carbonyl (C=O) groups is 2. The largest absolute Gasteiger partial charge is 0.477 e. The molecule has 1 rings (SSSR count). The Labute approximate surface area is 120 Å². The van der Waals surface area contributed by atoms with Crippen molar-refractivity contribution in [1.29, 1.82) is 0 Å². The van der Waals surface area contributed by atoms with Gasteiger partial charge < -0.3 is 9.84 Å². The minimum Gasteiger partial charge on any atom is -0.477 e. The zero-order valence-electron chi connectivity index (χ0n) is 11.4. The number of esters is 1. The molecule has 0 amide bonds. The summed E-state index contributed by atoms with van der Waals surface area (Å²) in [5.41, 5.74) is -1.20. The summed E-state index contributed by atoms with van der Waals surface area (Å²) in [7, 11) is -3.02. The highest BCUT2D eigenvalue weighted by Crippen LogP contribution is 2.27. The number of carbonyl (C=O) groups excluding carboxylic acids is 1. The molecule has 0 saturated carbocycles. The first-order valence-corrected chi connectivity index (χ1v) is 7.83. The molecule has 0 saturated heterocycles. The van der Waals surface area contributed by atoms with E-state index in [-0.39, 0.29) is 9.77 Å². The van der Waals surface area contributed by atoms with E-state index in [4.69, 9.17) is 5.11 Å². The van der Waals surface area contributed by atoms with Crippen molar-refractivity contribution in [3.63, 3.8) is 0 Å². The van der Waals surface area contributed by atoms with Gasteiger partial charge in [0, 0.05) is 0 Å². The van der Waals surface area contributed by atoms with Crippen molar-refractivity contribution in [2.75, 3.05) is 7.11 Å². The number of hydrogen-bond donors (Lipinski definition) is 2. The lowest BCUT2D eigenvalue weighted by Crippen LogP contribution is -2.50. The van der Waals surface area contributed by atoms with Gasteiger partial charge in [0.2, 0.25) is 10.0 Å². The van der Waals surface area contributed by atoms with Crippen molar-refractivity contribution in [2.24, 2.45) is 0 Å². The average molecular weight is 321 g/mol. The summed E-state index contributed by atoms with van der Waals surface area (Å²) in [6, 6.07) is 0. The molecule has 112 valence electrons. The Balaban J connectivity index is 3.29. The highest BCUT2D eigenvalue weighted by Gasteiger charge is 2.37. The standard InChI is InChI=1S/C11H15NO6S2/c1-6-5-19-7(9(13)14)8(6)20(16,17)12-11(2,3)10(15)18-4/h5,12H,1-4H3,(H,13,14). The van der Waals surface area contributed by atoms with Crippen LogP contribution in [-0.2, 0) is 19.6 Å². The van der Waals surface area contributed by atoms with Crippen LogP contribution in [0.5, 0.6) is 0 Å². The molecule has 0 spiro atoms. The Morgan fingerprint density at radius 1 is 1.40 bits per heavy atom. The maximum Gasteiger partial charge on any atom is 0.347 e. The lowest BCUT2D eigenvalue weighted by molar-refractivity contribution is -0.146. The summed E-state index contributed by atoms with van der Waals surface area (Å²) in [4.78, 5) is 22.0. The molecule has 0 radical (unpaired) electrons. The van der Waals surface area contributed by atoms with Gasteiger partial charge in [-0.05, 0) is 31.7 Å². The fourth-order valence-electron chi connectivity index (χ4n) is 1.60. The number of ether oxygens (including phenoxy) is 1. The van der Waals surface area contributed by atoms with Crippen molar-refractivity contribution in [3.05, 3.63) is 15.8 Å². The average Bonchev–Trinajstić information content (AvgIpc) is 2.69. The Morgan fingerprint density at radius 2 is 1.95 bits per heavy atom. The minimum absolute atomic E-state index is 0.296. The number of aromatic carboxylic acids is 1. The van der Waals surface area contributed by atoms with Gasteiger partial charge in [0.05, 0.1) is 7.11 Å². The van der Waals surface area contributed by atoms with E-state index in [0.29, 0.717) is 5.56 Å². The Kier molecular flexibility index (Phi) is 4.57. The smallest absolute Gasteiger partial charge is 0.347 e. The number of sulfonamides is 1. The van der Waals surface area contributed by atoms with Crippen LogP contribution in [0.1, 0.15) is 29.1 Å². The summed E-state index contributed by atoms with van der Waals surface area (Å²) in [5.74, 6) is -2.11. The SMILES string of the molecule is COC(=O)C(C)(C)NS(=O)(=O)c1c(C)csc1C(=O)O. The van der Waals surface area contributed by atoms with Gasteiger partial charge >= 0.3 is 11.9 Å². The van der Waals surface area contributed by atoms with Crippen LogP contribution in [-0.4, -0.2) is 38.1 Å². The van der Waals surface area contributed by atoms with Crippen LogP contribution in [0.15, 0.2) is 10.3 Å². The van der Waals surface area contributed by atoms with Crippen molar-refractivity contribution in [3.8, 4) is 0 Å². The van der Waals surface area contributed by atoms with Crippen LogP contribution in [0.3, 0.4) is 0 Å². The monoisotopic (exact) mass is 321 g/mol. The van der Waals surface area contributed by atoms with E-state index in [0.717, 1.165) is 18.4 Å². The third-order valence-corrected chi connectivity index (χ3v) is 5.52. The lowest BCUT2D eigenvalue weighted by Gasteiger charge is -2.23. The van der Waals surface area contributed by atoms with Crippen LogP contribution < -0.4 is 4.72 Å². The molecule has 0 aliphatic carbocycles. The van der Waals surface area contributed by atoms with Crippen molar-refractivity contribution >= 4 is 33.3 Å². The Hall–Kier alpha value is -1.45. The highest BCUT2D eigenvalue weighted by atomic mass is 32.2. The molecule has 9 heteroatoms. The number of methoxy groups -OCH3 is 1. The van der Waals surface area contributed by atoms with Crippen LogP contribution in [0.4, 0.5) is 0 Å². The maximum atomic E-state index is 12.3. The molecule has 0 bridgehead atoms. The topological polar surface area (TPSA) is 110 Å². The summed E-state index contributed by atoms with van der Waals surface area (Å²) < 4.78 is 31.3. The van der Waals surface area contributed by atoms with Crippen molar-refractivity contribution < 1.29 is 27.9 Å². The molecule has 0 aliphatic heterocycles. The molecule has 0 aromatic carbocycles. The molecular formula is C11H15NO6S2. The van der Waals surface area contributed by atoms with Gasteiger partial charge in [0.15, 0.2) is 0 Å². The summed E-state index contributed by atoms with van der Waals surface area (Å²) in [5, 5.41) is 10.5. The molecule has 0 fully saturated rings. The molecule has 0 unspecified atom stereocenters. The quantitative estimate of drug-likeness (QED) is 0.782. The van der Waals surface area contributed by atoms with E-state index >= 15 is 0 Å². The van der Waals surface area contributed by atoms with Crippen LogP contribution in [0.25, 0.3) is 0 Å². The van der Waals surface area contributed by atoms with E-state index in [9.17, 15) is 18.0 Å². The third kappa shape index (κ3) is 3.17. The third-order valence-electron chi connectivity index (χ3n) is 2.47. The van der Waals surface area contributed by atoms with Gasteiger partial charge in [-0.25, -0.2) is 13.2 Å².